The van der Waals surface area contributed by atoms with E-state index in [9.17, 15) is 0 Å². The summed E-state index contributed by atoms with van der Waals surface area (Å²) in [6, 6.07) is 0. The largest absolute Gasteiger partial charge is 0.413 e. The number of terminal acetylenes is 1. The van der Waals surface area contributed by atoms with Crippen LogP contribution in [0.1, 0.15) is 53.4 Å². The van der Waals surface area contributed by atoms with Crippen LogP contribution in [-0.2, 0) is 4.43 Å². The van der Waals surface area contributed by atoms with Crippen molar-refractivity contribution < 1.29 is 4.43 Å². The summed E-state index contributed by atoms with van der Waals surface area (Å²) in [5.41, 5.74) is 0. The molecule has 94 valence electrons. The molecule has 2 heteroatoms. The van der Waals surface area contributed by atoms with Gasteiger partial charge in [0, 0.05) is 6.42 Å². The van der Waals surface area contributed by atoms with Gasteiger partial charge in [0.2, 0.25) is 0 Å². The summed E-state index contributed by atoms with van der Waals surface area (Å²) >= 11 is 0. The Morgan fingerprint density at radius 3 is 2.25 bits per heavy atom. The molecule has 0 aromatic rings. The van der Waals surface area contributed by atoms with Gasteiger partial charge in [-0.05, 0) is 24.6 Å². The van der Waals surface area contributed by atoms with Gasteiger partial charge in [-0.1, -0.05) is 40.5 Å². The van der Waals surface area contributed by atoms with Crippen molar-refractivity contribution in [3.05, 3.63) is 0 Å². The van der Waals surface area contributed by atoms with Gasteiger partial charge in [0.05, 0.1) is 6.10 Å². The predicted molar refractivity (Wildman–Crippen MR) is 75.0 cm³/mol. The Morgan fingerprint density at radius 1 is 1.31 bits per heavy atom. The lowest BCUT2D eigenvalue weighted by molar-refractivity contribution is 0.173. The highest BCUT2D eigenvalue weighted by molar-refractivity contribution is 6.74. The van der Waals surface area contributed by atoms with E-state index < -0.39 is 8.32 Å². The first-order valence-corrected chi connectivity index (χ1v) is 9.26. The summed E-state index contributed by atoms with van der Waals surface area (Å²) in [7, 11) is -1.65. The third kappa shape index (κ3) is 5.18. The lowest BCUT2D eigenvalue weighted by Gasteiger charge is -2.39. The fourth-order valence-electron chi connectivity index (χ4n) is 1.36. The monoisotopic (exact) mass is 240 g/mol. The van der Waals surface area contributed by atoms with Gasteiger partial charge in [-0.25, -0.2) is 0 Å². The highest BCUT2D eigenvalue weighted by Crippen LogP contribution is 2.38. The van der Waals surface area contributed by atoms with Gasteiger partial charge < -0.3 is 4.43 Å². The topological polar surface area (TPSA) is 9.23 Å². The molecule has 0 N–H and O–H groups in total. The van der Waals surface area contributed by atoms with Crippen LogP contribution < -0.4 is 0 Å². The number of rotatable bonds is 6. The van der Waals surface area contributed by atoms with Gasteiger partial charge in [-0.3, -0.25) is 0 Å². The molecule has 1 atom stereocenters. The summed E-state index contributed by atoms with van der Waals surface area (Å²) in [6.07, 6.45) is 9.96. The van der Waals surface area contributed by atoms with Gasteiger partial charge in [-0.15, -0.1) is 12.3 Å². The highest BCUT2D eigenvalue weighted by Gasteiger charge is 2.38. The van der Waals surface area contributed by atoms with Gasteiger partial charge in [0.15, 0.2) is 8.32 Å². The minimum Gasteiger partial charge on any atom is -0.413 e. The zero-order valence-corrected chi connectivity index (χ0v) is 12.9. The van der Waals surface area contributed by atoms with E-state index in [1.807, 2.05) is 0 Å². The minimum absolute atomic E-state index is 0.269. The van der Waals surface area contributed by atoms with Crippen LogP contribution in [-0.4, -0.2) is 14.4 Å². The molecule has 0 aromatic heterocycles. The smallest absolute Gasteiger partial charge is 0.192 e. The molecule has 0 fully saturated rings. The average molecular weight is 240 g/mol. The summed E-state index contributed by atoms with van der Waals surface area (Å²) < 4.78 is 6.34. The van der Waals surface area contributed by atoms with Gasteiger partial charge in [-0.2, -0.15) is 0 Å². The van der Waals surface area contributed by atoms with Crippen LogP contribution in [0.25, 0.3) is 0 Å². The van der Waals surface area contributed by atoms with E-state index in [1.54, 1.807) is 0 Å². The molecule has 16 heavy (non-hydrogen) atoms. The van der Waals surface area contributed by atoms with Crippen molar-refractivity contribution in [3.8, 4) is 12.3 Å². The Kier molecular flexibility index (Phi) is 6.36. The van der Waals surface area contributed by atoms with E-state index in [0.717, 1.165) is 12.8 Å². The zero-order valence-electron chi connectivity index (χ0n) is 11.9. The highest BCUT2D eigenvalue weighted by atomic mass is 28.4. The molecule has 0 radical (unpaired) electrons. The molecule has 0 unspecified atom stereocenters. The minimum atomic E-state index is -1.65. The van der Waals surface area contributed by atoms with Crippen LogP contribution in [0.15, 0.2) is 0 Å². The Labute approximate surface area is 103 Å². The molecule has 0 aliphatic rings. The summed E-state index contributed by atoms with van der Waals surface area (Å²) in [6.45, 7) is 13.6. The van der Waals surface area contributed by atoms with Crippen molar-refractivity contribution in [2.45, 2.75) is 77.6 Å². The maximum Gasteiger partial charge on any atom is 0.192 e. The van der Waals surface area contributed by atoms with Crippen molar-refractivity contribution in [1.29, 1.82) is 0 Å². The third-order valence-electron chi connectivity index (χ3n) is 3.49. The molecular formula is C14H28OSi. The second-order valence-electron chi connectivity index (χ2n) is 6.05. The van der Waals surface area contributed by atoms with E-state index >= 15 is 0 Å². The maximum absolute atomic E-state index is 6.34. The quantitative estimate of drug-likeness (QED) is 0.487. The van der Waals surface area contributed by atoms with E-state index in [0.29, 0.717) is 0 Å². The molecule has 0 saturated heterocycles. The Balaban J connectivity index is 4.44. The van der Waals surface area contributed by atoms with Crippen molar-refractivity contribution in [3.63, 3.8) is 0 Å². The van der Waals surface area contributed by atoms with Crippen LogP contribution in [0.4, 0.5) is 0 Å². The SMILES string of the molecule is C#CC[C@@H](CCCC)O[Si](C)(C)C(C)(C)C. The molecule has 0 aliphatic heterocycles. The predicted octanol–water partition coefficient (Wildman–Crippen LogP) is 4.59. The zero-order chi connectivity index (χ0) is 12.8. The summed E-state index contributed by atoms with van der Waals surface area (Å²) in [4.78, 5) is 0. The van der Waals surface area contributed by atoms with E-state index in [2.05, 4.69) is 46.7 Å². The molecule has 1 nitrogen and oxygen atoms in total. The van der Waals surface area contributed by atoms with Crippen LogP contribution in [0, 0.1) is 12.3 Å². The summed E-state index contributed by atoms with van der Waals surface area (Å²) in [5, 5.41) is 0.270. The van der Waals surface area contributed by atoms with E-state index in [1.165, 1.54) is 12.8 Å². The first-order valence-electron chi connectivity index (χ1n) is 6.36. The lowest BCUT2D eigenvalue weighted by Crippen LogP contribution is -2.43. The van der Waals surface area contributed by atoms with Crippen molar-refractivity contribution in [2.24, 2.45) is 0 Å². The molecule has 0 bridgehead atoms. The molecule has 0 aliphatic carbocycles. The molecular weight excluding hydrogens is 212 g/mol. The molecule has 0 aromatic carbocycles. The maximum atomic E-state index is 6.34. The molecule has 0 saturated carbocycles. The fraction of sp³-hybridized carbons (Fsp3) is 0.857. The van der Waals surface area contributed by atoms with Gasteiger partial charge >= 0.3 is 0 Å². The molecule has 0 heterocycles. The van der Waals surface area contributed by atoms with Crippen LogP contribution in [0.5, 0.6) is 0 Å². The van der Waals surface area contributed by atoms with Crippen molar-refractivity contribution in [2.75, 3.05) is 0 Å². The van der Waals surface area contributed by atoms with Crippen LogP contribution in [0.3, 0.4) is 0 Å². The second-order valence-corrected chi connectivity index (χ2v) is 10.8. The Morgan fingerprint density at radius 2 is 1.88 bits per heavy atom. The first kappa shape index (κ1) is 15.7. The number of hydrogen-bond acceptors (Lipinski definition) is 1. The van der Waals surface area contributed by atoms with Gasteiger partial charge in [0.1, 0.15) is 0 Å². The lowest BCUT2D eigenvalue weighted by atomic mass is 10.1. The average Bonchev–Trinajstić information content (AvgIpc) is 2.12. The van der Waals surface area contributed by atoms with Crippen molar-refractivity contribution >= 4 is 8.32 Å². The molecule has 0 amide bonds. The Bertz CT molecular complexity index is 232. The normalized spacial score (nSPS) is 14.6. The molecule has 0 rings (SSSR count). The molecule has 0 spiro atoms. The Hall–Kier alpha value is -0.263. The van der Waals surface area contributed by atoms with E-state index in [-0.39, 0.29) is 11.1 Å². The first-order chi connectivity index (χ1) is 7.24. The van der Waals surface area contributed by atoms with Crippen molar-refractivity contribution in [1.82, 2.24) is 0 Å². The number of unbranched alkanes of at least 4 members (excludes halogenated alkanes) is 1. The van der Waals surface area contributed by atoms with Gasteiger partial charge in [0.25, 0.3) is 0 Å². The second kappa shape index (κ2) is 6.47. The summed E-state index contributed by atoms with van der Waals surface area (Å²) in [5.74, 6) is 2.75. The number of hydrogen-bond donors (Lipinski definition) is 0. The van der Waals surface area contributed by atoms with E-state index in [4.69, 9.17) is 10.8 Å². The van der Waals surface area contributed by atoms with Crippen LogP contribution >= 0.6 is 0 Å². The third-order valence-corrected chi connectivity index (χ3v) is 8.03. The fourth-order valence-corrected chi connectivity index (χ4v) is 2.75. The van der Waals surface area contributed by atoms with Crippen LogP contribution in [0.2, 0.25) is 18.1 Å². The standard InChI is InChI=1S/C14H28OSi/c1-8-10-12-13(11-9-2)15-16(6,7)14(3,4)5/h2,13H,8,10-12H2,1,3-7H3/t13-/m0/s1.